The van der Waals surface area contributed by atoms with Crippen molar-refractivity contribution in [3.8, 4) is 0 Å². The molecule has 0 heterocycles. The van der Waals surface area contributed by atoms with Crippen molar-refractivity contribution in [1.82, 2.24) is 0 Å². The molecule has 0 bridgehead atoms. The van der Waals surface area contributed by atoms with Gasteiger partial charge in [0, 0.05) is 0 Å². The maximum absolute atomic E-state index is 11.9. The highest BCUT2D eigenvalue weighted by molar-refractivity contribution is 6.29. The third-order valence-corrected chi connectivity index (χ3v) is 4.37. The zero-order valence-corrected chi connectivity index (χ0v) is 13.9. The number of carbonyl (C=O) groups is 2. The molecule has 21 heavy (non-hydrogen) atoms. The molecule has 0 radical (unpaired) electrons. The summed E-state index contributed by atoms with van der Waals surface area (Å²) in [4.78, 5) is 23.5. The zero-order chi connectivity index (χ0) is 15.8. The quantitative estimate of drug-likeness (QED) is 0.426. The van der Waals surface area contributed by atoms with Gasteiger partial charge in [0.1, 0.15) is 6.10 Å². The molecular formula is C17H30O4. The Kier molecular flexibility index (Phi) is 7.76. The van der Waals surface area contributed by atoms with E-state index in [4.69, 9.17) is 9.47 Å². The number of hydrogen-bond donors (Lipinski definition) is 0. The maximum Gasteiger partial charge on any atom is 0.417 e. The normalized spacial score (nSPS) is 25.7. The summed E-state index contributed by atoms with van der Waals surface area (Å²) in [5, 5.41) is 0. The third-order valence-electron chi connectivity index (χ3n) is 4.37. The highest BCUT2D eigenvalue weighted by atomic mass is 16.6. The Labute approximate surface area is 128 Å². The van der Waals surface area contributed by atoms with E-state index in [-0.39, 0.29) is 6.10 Å². The van der Waals surface area contributed by atoms with Crippen LogP contribution in [0.1, 0.15) is 66.2 Å². The number of rotatable bonds is 6. The molecule has 0 aliphatic heterocycles. The summed E-state index contributed by atoms with van der Waals surface area (Å²) in [5.74, 6) is -0.324. The van der Waals surface area contributed by atoms with E-state index in [0.29, 0.717) is 24.4 Å². The van der Waals surface area contributed by atoms with E-state index in [1.807, 2.05) is 0 Å². The summed E-state index contributed by atoms with van der Waals surface area (Å²) in [7, 11) is 0. The van der Waals surface area contributed by atoms with Crippen LogP contribution in [0.15, 0.2) is 0 Å². The molecule has 3 atom stereocenters. The van der Waals surface area contributed by atoms with Gasteiger partial charge >= 0.3 is 11.9 Å². The zero-order valence-electron chi connectivity index (χ0n) is 13.9. The van der Waals surface area contributed by atoms with Crippen LogP contribution in [0.3, 0.4) is 0 Å². The topological polar surface area (TPSA) is 52.6 Å². The predicted octanol–water partition coefficient (Wildman–Crippen LogP) is 3.72. The summed E-state index contributed by atoms with van der Waals surface area (Å²) >= 11 is 0. The summed E-state index contributed by atoms with van der Waals surface area (Å²) in [6, 6.07) is 0. The Balaban J connectivity index is 2.44. The standard InChI is InChI=1S/C17H30O4/c1-5-6-7-10-20-16(18)17(19)21-15-11-13(4)8-9-14(15)12(2)3/h12-15H,5-11H2,1-4H3. The van der Waals surface area contributed by atoms with Gasteiger partial charge in [-0.3, -0.25) is 0 Å². The van der Waals surface area contributed by atoms with Gasteiger partial charge in [-0.25, -0.2) is 9.59 Å². The third kappa shape index (κ3) is 6.06. The maximum atomic E-state index is 11.9. The molecule has 0 saturated heterocycles. The summed E-state index contributed by atoms with van der Waals surface area (Å²) in [5.41, 5.74) is 0. The minimum atomic E-state index is -0.841. The number of hydrogen-bond acceptors (Lipinski definition) is 4. The first-order valence-corrected chi connectivity index (χ1v) is 8.33. The van der Waals surface area contributed by atoms with Gasteiger partial charge in [0.15, 0.2) is 0 Å². The average molecular weight is 298 g/mol. The molecule has 4 heteroatoms. The summed E-state index contributed by atoms with van der Waals surface area (Å²) in [6.07, 6.45) is 5.77. The lowest BCUT2D eigenvalue weighted by Crippen LogP contribution is -2.37. The highest BCUT2D eigenvalue weighted by Crippen LogP contribution is 2.35. The second-order valence-electron chi connectivity index (χ2n) is 6.61. The number of ether oxygens (including phenoxy) is 2. The van der Waals surface area contributed by atoms with Gasteiger partial charge in [-0.15, -0.1) is 0 Å². The van der Waals surface area contributed by atoms with E-state index >= 15 is 0 Å². The van der Waals surface area contributed by atoms with Crippen LogP contribution in [0.4, 0.5) is 0 Å². The van der Waals surface area contributed by atoms with Gasteiger partial charge in [0.2, 0.25) is 0 Å². The first-order valence-electron chi connectivity index (χ1n) is 8.33. The van der Waals surface area contributed by atoms with Gasteiger partial charge in [-0.2, -0.15) is 0 Å². The Hall–Kier alpha value is -1.06. The van der Waals surface area contributed by atoms with Crippen LogP contribution in [0.25, 0.3) is 0 Å². The van der Waals surface area contributed by atoms with Crippen molar-refractivity contribution in [2.75, 3.05) is 6.61 Å². The van der Waals surface area contributed by atoms with E-state index in [1.54, 1.807) is 0 Å². The number of unbranched alkanes of at least 4 members (excludes halogenated alkanes) is 2. The Morgan fingerprint density at radius 2 is 1.86 bits per heavy atom. The van der Waals surface area contributed by atoms with Crippen LogP contribution in [0.5, 0.6) is 0 Å². The number of carbonyl (C=O) groups excluding carboxylic acids is 2. The molecule has 1 rings (SSSR count). The van der Waals surface area contributed by atoms with Crippen molar-refractivity contribution in [3.05, 3.63) is 0 Å². The van der Waals surface area contributed by atoms with Crippen molar-refractivity contribution < 1.29 is 19.1 Å². The van der Waals surface area contributed by atoms with Crippen LogP contribution in [0.2, 0.25) is 0 Å². The fraction of sp³-hybridized carbons (Fsp3) is 0.882. The SMILES string of the molecule is CCCCCOC(=O)C(=O)OC1CC(C)CCC1C(C)C. The molecule has 1 fully saturated rings. The van der Waals surface area contributed by atoms with Crippen LogP contribution in [-0.4, -0.2) is 24.6 Å². The van der Waals surface area contributed by atoms with Crippen LogP contribution >= 0.6 is 0 Å². The molecule has 1 aliphatic rings. The molecule has 0 aromatic heterocycles. The van der Waals surface area contributed by atoms with Crippen LogP contribution < -0.4 is 0 Å². The molecule has 0 amide bonds. The Morgan fingerprint density at radius 1 is 1.14 bits per heavy atom. The second kappa shape index (κ2) is 9.06. The van der Waals surface area contributed by atoms with Gasteiger partial charge < -0.3 is 9.47 Å². The molecule has 0 aromatic carbocycles. The average Bonchev–Trinajstić information content (AvgIpc) is 2.43. The lowest BCUT2D eigenvalue weighted by molar-refractivity contribution is -0.175. The minimum absolute atomic E-state index is 0.149. The van der Waals surface area contributed by atoms with Crippen molar-refractivity contribution in [3.63, 3.8) is 0 Å². The van der Waals surface area contributed by atoms with Gasteiger partial charge in [0.25, 0.3) is 0 Å². The minimum Gasteiger partial charge on any atom is -0.457 e. The Morgan fingerprint density at radius 3 is 2.48 bits per heavy atom. The monoisotopic (exact) mass is 298 g/mol. The second-order valence-corrected chi connectivity index (χ2v) is 6.61. The van der Waals surface area contributed by atoms with E-state index < -0.39 is 11.9 Å². The van der Waals surface area contributed by atoms with Gasteiger partial charge in [0.05, 0.1) is 6.61 Å². The summed E-state index contributed by atoms with van der Waals surface area (Å²) in [6.45, 7) is 8.83. The molecule has 122 valence electrons. The fourth-order valence-corrected chi connectivity index (χ4v) is 3.01. The molecule has 4 nitrogen and oxygen atoms in total. The molecule has 3 unspecified atom stereocenters. The van der Waals surface area contributed by atoms with Crippen LogP contribution in [-0.2, 0) is 19.1 Å². The predicted molar refractivity (Wildman–Crippen MR) is 81.7 cm³/mol. The molecule has 0 N–H and O–H groups in total. The number of esters is 2. The largest absolute Gasteiger partial charge is 0.457 e. The smallest absolute Gasteiger partial charge is 0.417 e. The lowest BCUT2D eigenvalue weighted by Gasteiger charge is -2.36. The van der Waals surface area contributed by atoms with Crippen LogP contribution in [0, 0.1) is 17.8 Å². The Bertz CT molecular complexity index is 338. The fourth-order valence-electron chi connectivity index (χ4n) is 3.01. The lowest BCUT2D eigenvalue weighted by atomic mass is 9.75. The first-order chi connectivity index (χ1) is 9.95. The van der Waals surface area contributed by atoms with Crippen molar-refractivity contribution in [1.29, 1.82) is 0 Å². The van der Waals surface area contributed by atoms with Crippen molar-refractivity contribution in [2.45, 2.75) is 72.3 Å². The highest BCUT2D eigenvalue weighted by Gasteiger charge is 2.35. The van der Waals surface area contributed by atoms with Crippen molar-refractivity contribution >= 4 is 11.9 Å². The van der Waals surface area contributed by atoms with Gasteiger partial charge in [-0.05, 0) is 37.0 Å². The molecular weight excluding hydrogens is 268 g/mol. The molecule has 0 aromatic rings. The molecule has 0 spiro atoms. The van der Waals surface area contributed by atoms with E-state index in [2.05, 4.69) is 27.7 Å². The van der Waals surface area contributed by atoms with E-state index in [9.17, 15) is 9.59 Å². The van der Waals surface area contributed by atoms with Gasteiger partial charge in [-0.1, -0.05) is 47.0 Å². The van der Waals surface area contributed by atoms with E-state index in [1.165, 1.54) is 6.42 Å². The first kappa shape index (κ1) is 18.0. The summed E-state index contributed by atoms with van der Waals surface area (Å²) < 4.78 is 10.4. The molecule has 1 saturated carbocycles. The van der Waals surface area contributed by atoms with Crippen molar-refractivity contribution in [2.24, 2.45) is 17.8 Å². The van der Waals surface area contributed by atoms with E-state index in [0.717, 1.165) is 32.1 Å². The molecule has 1 aliphatic carbocycles.